The number of hydrogen-bond donors (Lipinski definition) is 2. The maximum Gasteiger partial charge on any atom is 0.170 e. The number of nitrogens with zero attached hydrogens (tertiary/aromatic N) is 2. The lowest BCUT2D eigenvalue weighted by Crippen LogP contribution is -2.21. The first-order chi connectivity index (χ1) is 10.2. The van der Waals surface area contributed by atoms with Crippen molar-refractivity contribution in [2.24, 2.45) is 10.9 Å². The maximum atomic E-state index is 8.72. The van der Waals surface area contributed by atoms with Gasteiger partial charge in [-0.2, -0.15) is 0 Å². The predicted octanol–water partition coefficient (Wildman–Crippen LogP) is 2.17. The van der Waals surface area contributed by atoms with Crippen LogP contribution in [0.5, 0.6) is 0 Å². The first-order valence-electron chi connectivity index (χ1n) is 7.56. The highest BCUT2D eigenvalue weighted by molar-refractivity contribution is 5.97. The zero-order valence-corrected chi connectivity index (χ0v) is 12.7. The van der Waals surface area contributed by atoms with Gasteiger partial charge in [0.15, 0.2) is 5.84 Å². The molecule has 1 atom stereocenters. The molecule has 21 heavy (non-hydrogen) atoms. The lowest BCUT2D eigenvalue weighted by molar-refractivity contribution is 0.0995. The molecule has 0 aliphatic carbocycles. The second kappa shape index (κ2) is 8.00. The molecular weight excluding hydrogens is 266 g/mol. The lowest BCUT2D eigenvalue weighted by atomic mass is 10.1. The number of amidine groups is 1. The van der Waals surface area contributed by atoms with E-state index >= 15 is 0 Å². The van der Waals surface area contributed by atoms with Crippen molar-refractivity contribution in [2.45, 2.75) is 38.3 Å². The van der Waals surface area contributed by atoms with Crippen molar-refractivity contribution in [2.75, 3.05) is 20.2 Å². The molecule has 2 rings (SSSR count). The van der Waals surface area contributed by atoms with Crippen LogP contribution in [-0.4, -0.2) is 42.2 Å². The van der Waals surface area contributed by atoms with Gasteiger partial charge in [-0.05, 0) is 50.9 Å². The smallest absolute Gasteiger partial charge is 0.170 e. The molecule has 1 aliphatic heterocycles. The Kier molecular flexibility index (Phi) is 6.02. The van der Waals surface area contributed by atoms with E-state index in [1.54, 1.807) is 0 Å². The number of ether oxygens (including phenoxy) is 1. The van der Waals surface area contributed by atoms with Gasteiger partial charge < -0.3 is 20.6 Å². The predicted molar refractivity (Wildman–Crippen MR) is 83.5 cm³/mol. The van der Waals surface area contributed by atoms with Gasteiger partial charge in [0.2, 0.25) is 0 Å². The van der Waals surface area contributed by atoms with E-state index in [1.807, 2.05) is 18.2 Å². The van der Waals surface area contributed by atoms with Crippen LogP contribution in [0, 0.1) is 0 Å². The van der Waals surface area contributed by atoms with Gasteiger partial charge in [0.05, 0.1) is 6.10 Å². The highest BCUT2D eigenvalue weighted by atomic mass is 16.5. The van der Waals surface area contributed by atoms with Gasteiger partial charge >= 0.3 is 0 Å². The average molecular weight is 291 g/mol. The van der Waals surface area contributed by atoms with Crippen molar-refractivity contribution in [3.05, 3.63) is 35.4 Å². The summed E-state index contributed by atoms with van der Waals surface area (Å²) in [7, 11) is 2.12. The summed E-state index contributed by atoms with van der Waals surface area (Å²) in [6.45, 7) is 2.84. The Balaban J connectivity index is 1.77. The first kappa shape index (κ1) is 15.8. The van der Waals surface area contributed by atoms with Crippen LogP contribution in [0.1, 0.15) is 36.8 Å². The molecule has 1 aromatic carbocycles. The van der Waals surface area contributed by atoms with Gasteiger partial charge in [0, 0.05) is 18.7 Å². The largest absolute Gasteiger partial charge is 0.409 e. The van der Waals surface area contributed by atoms with E-state index in [1.165, 1.54) is 18.4 Å². The Morgan fingerprint density at radius 1 is 1.52 bits per heavy atom. The molecule has 1 saturated heterocycles. The molecule has 1 fully saturated rings. The van der Waals surface area contributed by atoms with Crippen molar-refractivity contribution in [3.63, 3.8) is 0 Å². The van der Waals surface area contributed by atoms with E-state index in [2.05, 4.69) is 23.2 Å². The molecule has 0 amide bonds. The standard InChI is InChI=1S/C16H25N3O2/c1-19(9-3-7-15-8-4-10-21-15)12-13-5-2-6-14(11-13)16(17)18-20/h2,5-6,11,15,20H,3-4,7-10,12H2,1H3,(H2,17,18). The van der Waals surface area contributed by atoms with Gasteiger partial charge in [-0.15, -0.1) is 0 Å². The first-order valence-corrected chi connectivity index (χ1v) is 7.56. The molecule has 0 saturated carbocycles. The normalized spacial score (nSPS) is 19.3. The Morgan fingerprint density at radius 3 is 3.10 bits per heavy atom. The van der Waals surface area contributed by atoms with E-state index in [-0.39, 0.29) is 5.84 Å². The Morgan fingerprint density at radius 2 is 2.38 bits per heavy atom. The topological polar surface area (TPSA) is 71.1 Å². The summed E-state index contributed by atoms with van der Waals surface area (Å²) in [6.07, 6.45) is 5.20. The van der Waals surface area contributed by atoms with Gasteiger partial charge in [0.1, 0.15) is 0 Å². The van der Waals surface area contributed by atoms with Crippen molar-refractivity contribution in [1.82, 2.24) is 4.90 Å². The molecule has 0 aromatic heterocycles. The third-order valence-electron chi connectivity index (χ3n) is 3.87. The van der Waals surface area contributed by atoms with Crippen LogP contribution in [0.2, 0.25) is 0 Å². The zero-order valence-electron chi connectivity index (χ0n) is 12.7. The summed E-state index contributed by atoms with van der Waals surface area (Å²) in [5.41, 5.74) is 7.53. The second-order valence-electron chi connectivity index (χ2n) is 5.70. The molecule has 1 aliphatic rings. The Labute approximate surface area is 126 Å². The molecule has 1 heterocycles. The van der Waals surface area contributed by atoms with Gasteiger partial charge in [-0.3, -0.25) is 0 Å². The molecule has 1 unspecified atom stereocenters. The van der Waals surface area contributed by atoms with Crippen LogP contribution in [0.25, 0.3) is 0 Å². The van der Waals surface area contributed by atoms with Crippen LogP contribution >= 0.6 is 0 Å². The van der Waals surface area contributed by atoms with Gasteiger partial charge in [-0.25, -0.2) is 0 Å². The van der Waals surface area contributed by atoms with E-state index in [9.17, 15) is 0 Å². The molecule has 5 nitrogen and oxygen atoms in total. The highest BCUT2D eigenvalue weighted by Gasteiger charge is 2.14. The molecule has 116 valence electrons. The monoisotopic (exact) mass is 291 g/mol. The Hall–Kier alpha value is -1.59. The Bertz CT molecular complexity index is 470. The summed E-state index contributed by atoms with van der Waals surface area (Å²) >= 11 is 0. The van der Waals surface area contributed by atoms with Crippen molar-refractivity contribution < 1.29 is 9.94 Å². The minimum absolute atomic E-state index is 0.151. The fraction of sp³-hybridized carbons (Fsp3) is 0.562. The minimum Gasteiger partial charge on any atom is -0.409 e. The molecule has 0 bridgehead atoms. The number of oxime groups is 1. The molecule has 5 heteroatoms. The van der Waals surface area contributed by atoms with Crippen molar-refractivity contribution >= 4 is 5.84 Å². The summed E-state index contributed by atoms with van der Waals surface area (Å²) in [5, 5.41) is 11.8. The third kappa shape index (κ3) is 5.02. The van der Waals surface area contributed by atoms with Crippen molar-refractivity contribution in [1.29, 1.82) is 0 Å². The summed E-state index contributed by atoms with van der Waals surface area (Å²) in [4.78, 5) is 2.29. The molecular formula is C16H25N3O2. The number of benzene rings is 1. The molecule has 0 radical (unpaired) electrons. The summed E-state index contributed by atoms with van der Waals surface area (Å²) in [6, 6.07) is 7.80. The van der Waals surface area contributed by atoms with Crippen molar-refractivity contribution in [3.8, 4) is 0 Å². The SMILES string of the molecule is CN(CCCC1CCCO1)Cc1cccc(C(N)=NO)c1. The second-order valence-corrected chi connectivity index (χ2v) is 5.70. The fourth-order valence-corrected chi connectivity index (χ4v) is 2.74. The van der Waals surface area contributed by atoms with E-state index < -0.39 is 0 Å². The molecule has 0 spiro atoms. The highest BCUT2D eigenvalue weighted by Crippen LogP contribution is 2.17. The fourth-order valence-electron chi connectivity index (χ4n) is 2.74. The molecule has 3 N–H and O–H groups in total. The molecule has 1 aromatic rings. The van der Waals surface area contributed by atoms with Crippen LogP contribution in [0.15, 0.2) is 29.4 Å². The summed E-state index contributed by atoms with van der Waals surface area (Å²) in [5.74, 6) is 0.151. The minimum atomic E-state index is 0.151. The van der Waals surface area contributed by atoms with E-state index in [0.29, 0.717) is 6.10 Å². The lowest BCUT2D eigenvalue weighted by Gasteiger charge is -2.18. The van der Waals surface area contributed by atoms with Crippen LogP contribution in [0.3, 0.4) is 0 Å². The van der Waals surface area contributed by atoms with E-state index in [0.717, 1.165) is 38.1 Å². The van der Waals surface area contributed by atoms with Gasteiger partial charge in [-0.1, -0.05) is 23.4 Å². The average Bonchev–Trinajstić information content (AvgIpc) is 3.00. The number of nitrogens with two attached hydrogens (primary N) is 1. The third-order valence-corrected chi connectivity index (χ3v) is 3.87. The van der Waals surface area contributed by atoms with Crippen LogP contribution < -0.4 is 5.73 Å². The van der Waals surface area contributed by atoms with Crippen LogP contribution in [-0.2, 0) is 11.3 Å². The van der Waals surface area contributed by atoms with E-state index in [4.69, 9.17) is 15.7 Å². The van der Waals surface area contributed by atoms with Gasteiger partial charge in [0.25, 0.3) is 0 Å². The van der Waals surface area contributed by atoms with Crippen LogP contribution in [0.4, 0.5) is 0 Å². The zero-order chi connectivity index (χ0) is 15.1. The maximum absolute atomic E-state index is 8.72. The quantitative estimate of drug-likeness (QED) is 0.349. The number of hydrogen-bond acceptors (Lipinski definition) is 4. The number of rotatable bonds is 7. The summed E-state index contributed by atoms with van der Waals surface area (Å²) < 4.78 is 5.64.